The molecule has 0 bridgehead atoms. The van der Waals surface area contributed by atoms with Crippen molar-refractivity contribution in [1.29, 1.82) is 0 Å². The Morgan fingerprint density at radius 2 is 1.92 bits per heavy atom. The molecule has 1 saturated carbocycles. The molecular formula is C10H18O3. The highest BCUT2D eigenvalue weighted by atomic mass is 16.5. The highest BCUT2D eigenvalue weighted by Crippen LogP contribution is 2.19. The molecule has 0 aromatic rings. The number of carboxylic acid groups (broad SMARTS) is 1. The molecule has 0 heterocycles. The molecule has 1 aliphatic rings. The van der Waals surface area contributed by atoms with E-state index in [0.29, 0.717) is 6.10 Å². The van der Waals surface area contributed by atoms with Gasteiger partial charge in [0.15, 0.2) is 0 Å². The maximum Gasteiger partial charge on any atom is 0.300 e. The van der Waals surface area contributed by atoms with E-state index in [1.807, 2.05) is 0 Å². The molecule has 1 rings (SSSR count). The fourth-order valence-corrected chi connectivity index (χ4v) is 1.34. The summed E-state index contributed by atoms with van der Waals surface area (Å²) in [6.07, 6.45) is 8.55. The predicted octanol–water partition coefficient (Wildman–Crippen LogP) is 2.57. The first kappa shape index (κ1) is 12.0. The Balaban J connectivity index is 0.000000310. The van der Waals surface area contributed by atoms with Crippen molar-refractivity contribution in [3.63, 3.8) is 0 Å². The number of hydrogen-bond donors (Lipinski definition) is 1. The second kappa shape index (κ2) is 7.65. The van der Waals surface area contributed by atoms with E-state index >= 15 is 0 Å². The summed E-state index contributed by atoms with van der Waals surface area (Å²) >= 11 is 0. The van der Waals surface area contributed by atoms with Crippen LogP contribution < -0.4 is 0 Å². The Kier molecular flexibility index (Phi) is 7.07. The molecule has 0 atom stereocenters. The lowest BCUT2D eigenvalue weighted by atomic mass is 9.98. The van der Waals surface area contributed by atoms with Crippen LogP contribution in [-0.2, 0) is 9.53 Å². The van der Waals surface area contributed by atoms with Crippen molar-refractivity contribution in [3.8, 4) is 0 Å². The van der Waals surface area contributed by atoms with Gasteiger partial charge in [0.2, 0.25) is 0 Å². The third kappa shape index (κ3) is 8.92. The number of hydrogen-bond acceptors (Lipinski definition) is 2. The summed E-state index contributed by atoms with van der Waals surface area (Å²) < 4.78 is 5.25. The van der Waals surface area contributed by atoms with Crippen molar-refractivity contribution in [2.75, 3.05) is 0 Å². The SMILES string of the molecule is C=COC1CCCCC1.CC(=O)O. The molecule has 76 valence electrons. The average Bonchev–Trinajstić information content (AvgIpc) is 2.06. The molecule has 0 aromatic heterocycles. The van der Waals surface area contributed by atoms with Crippen molar-refractivity contribution >= 4 is 5.97 Å². The maximum atomic E-state index is 9.00. The fraction of sp³-hybridized carbons (Fsp3) is 0.700. The van der Waals surface area contributed by atoms with Crippen molar-refractivity contribution in [2.45, 2.75) is 45.1 Å². The largest absolute Gasteiger partial charge is 0.499 e. The zero-order valence-corrected chi connectivity index (χ0v) is 8.16. The molecule has 1 N–H and O–H groups in total. The second-order valence-electron chi connectivity index (χ2n) is 3.08. The summed E-state index contributed by atoms with van der Waals surface area (Å²) in [5.74, 6) is -0.833. The summed E-state index contributed by atoms with van der Waals surface area (Å²) in [6, 6.07) is 0. The Hall–Kier alpha value is -0.990. The van der Waals surface area contributed by atoms with Crippen molar-refractivity contribution in [1.82, 2.24) is 0 Å². The van der Waals surface area contributed by atoms with Crippen LogP contribution >= 0.6 is 0 Å². The first-order valence-corrected chi connectivity index (χ1v) is 4.62. The van der Waals surface area contributed by atoms with E-state index in [-0.39, 0.29) is 0 Å². The van der Waals surface area contributed by atoms with Crippen LogP contribution in [0.5, 0.6) is 0 Å². The first-order valence-electron chi connectivity index (χ1n) is 4.62. The lowest BCUT2D eigenvalue weighted by molar-refractivity contribution is -0.134. The third-order valence-corrected chi connectivity index (χ3v) is 1.84. The van der Waals surface area contributed by atoms with Gasteiger partial charge in [-0.3, -0.25) is 4.79 Å². The van der Waals surface area contributed by atoms with Crippen molar-refractivity contribution < 1.29 is 14.6 Å². The van der Waals surface area contributed by atoms with Crippen LogP contribution in [0.2, 0.25) is 0 Å². The van der Waals surface area contributed by atoms with Crippen LogP contribution in [0.25, 0.3) is 0 Å². The molecule has 0 amide bonds. The molecule has 0 spiro atoms. The zero-order valence-electron chi connectivity index (χ0n) is 8.16. The molecule has 0 aliphatic heterocycles. The Labute approximate surface area is 79.4 Å². The normalized spacial score (nSPS) is 16.7. The Morgan fingerprint density at radius 1 is 1.46 bits per heavy atom. The molecular weight excluding hydrogens is 168 g/mol. The van der Waals surface area contributed by atoms with Crippen LogP contribution in [0.4, 0.5) is 0 Å². The van der Waals surface area contributed by atoms with Crippen LogP contribution in [0, 0.1) is 0 Å². The van der Waals surface area contributed by atoms with Gasteiger partial charge in [-0.15, -0.1) is 0 Å². The van der Waals surface area contributed by atoms with Gasteiger partial charge in [-0.1, -0.05) is 13.0 Å². The highest BCUT2D eigenvalue weighted by Gasteiger charge is 2.11. The van der Waals surface area contributed by atoms with Gasteiger partial charge in [-0.2, -0.15) is 0 Å². The van der Waals surface area contributed by atoms with E-state index in [1.165, 1.54) is 32.1 Å². The highest BCUT2D eigenvalue weighted by molar-refractivity contribution is 5.62. The van der Waals surface area contributed by atoms with Gasteiger partial charge in [0.05, 0.1) is 12.4 Å². The lowest BCUT2D eigenvalue weighted by Gasteiger charge is -2.20. The van der Waals surface area contributed by atoms with E-state index in [9.17, 15) is 0 Å². The van der Waals surface area contributed by atoms with E-state index < -0.39 is 5.97 Å². The Morgan fingerprint density at radius 3 is 2.31 bits per heavy atom. The number of carboxylic acids is 1. The number of rotatable bonds is 2. The topological polar surface area (TPSA) is 46.5 Å². The summed E-state index contributed by atoms with van der Waals surface area (Å²) in [7, 11) is 0. The average molecular weight is 186 g/mol. The molecule has 0 saturated heterocycles. The minimum atomic E-state index is -0.833. The standard InChI is InChI=1S/C8H14O.C2H4O2/c1-2-9-8-6-4-3-5-7-8;1-2(3)4/h2,8H,1,3-7H2;1H3,(H,3,4). The van der Waals surface area contributed by atoms with Crippen LogP contribution in [0.3, 0.4) is 0 Å². The lowest BCUT2D eigenvalue weighted by Crippen LogP contribution is -2.13. The van der Waals surface area contributed by atoms with Crippen LogP contribution in [0.15, 0.2) is 12.8 Å². The summed E-state index contributed by atoms with van der Waals surface area (Å²) in [6.45, 7) is 4.62. The number of carbonyl (C=O) groups is 1. The maximum absolute atomic E-state index is 9.00. The minimum absolute atomic E-state index is 0.483. The Bertz CT molecular complexity index is 144. The smallest absolute Gasteiger partial charge is 0.300 e. The molecule has 0 aromatic carbocycles. The molecule has 3 heteroatoms. The van der Waals surface area contributed by atoms with Crippen molar-refractivity contribution in [3.05, 3.63) is 12.8 Å². The summed E-state index contributed by atoms with van der Waals surface area (Å²) in [4.78, 5) is 9.00. The van der Waals surface area contributed by atoms with Gasteiger partial charge in [0.1, 0.15) is 0 Å². The van der Waals surface area contributed by atoms with Gasteiger partial charge in [-0.05, 0) is 25.7 Å². The quantitative estimate of drug-likeness (QED) is 0.674. The molecule has 0 radical (unpaired) electrons. The first-order chi connectivity index (χ1) is 6.16. The van der Waals surface area contributed by atoms with E-state index in [2.05, 4.69) is 6.58 Å². The van der Waals surface area contributed by atoms with Crippen LogP contribution in [-0.4, -0.2) is 17.2 Å². The van der Waals surface area contributed by atoms with Crippen LogP contribution in [0.1, 0.15) is 39.0 Å². The van der Waals surface area contributed by atoms with E-state index in [4.69, 9.17) is 14.6 Å². The number of ether oxygens (including phenoxy) is 1. The van der Waals surface area contributed by atoms with Gasteiger partial charge in [-0.25, -0.2) is 0 Å². The summed E-state index contributed by atoms with van der Waals surface area (Å²) in [5.41, 5.74) is 0. The molecule has 13 heavy (non-hydrogen) atoms. The van der Waals surface area contributed by atoms with E-state index in [1.54, 1.807) is 6.26 Å². The van der Waals surface area contributed by atoms with Gasteiger partial charge in [0, 0.05) is 6.92 Å². The molecule has 3 nitrogen and oxygen atoms in total. The molecule has 0 unspecified atom stereocenters. The third-order valence-electron chi connectivity index (χ3n) is 1.84. The monoisotopic (exact) mass is 186 g/mol. The fourth-order valence-electron chi connectivity index (χ4n) is 1.34. The van der Waals surface area contributed by atoms with Gasteiger partial charge < -0.3 is 9.84 Å². The summed E-state index contributed by atoms with van der Waals surface area (Å²) in [5, 5.41) is 7.42. The van der Waals surface area contributed by atoms with Gasteiger partial charge in [0.25, 0.3) is 5.97 Å². The number of aliphatic carboxylic acids is 1. The van der Waals surface area contributed by atoms with E-state index in [0.717, 1.165) is 6.92 Å². The second-order valence-corrected chi connectivity index (χ2v) is 3.08. The molecule has 1 fully saturated rings. The minimum Gasteiger partial charge on any atom is -0.499 e. The van der Waals surface area contributed by atoms with Crippen molar-refractivity contribution in [2.24, 2.45) is 0 Å². The zero-order chi connectivity index (χ0) is 10.1. The predicted molar refractivity (Wildman–Crippen MR) is 51.5 cm³/mol. The van der Waals surface area contributed by atoms with Gasteiger partial charge >= 0.3 is 0 Å². The molecule has 1 aliphatic carbocycles.